The van der Waals surface area contributed by atoms with Crippen LogP contribution in [0.1, 0.15) is 383 Å². The Morgan fingerprint density at radius 1 is 0.263 bits per heavy atom. The Morgan fingerprint density at radius 3 is 0.653 bits per heavy atom. The molecule has 0 rings (SSSR count). The highest BCUT2D eigenvalue weighted by atomic mass is 31.2. The molecule has 0 bridgehead atoms. The lowest BCUT2D eigenvalue weighted by atomic mass is 10.0. The van der Waals surface area contributed by atoms with Gasteiger partial charge in [-0.15, -0.1) is 0 Å². The second-order valence-corrected chi connectivity index (χ2v) is 32.2. The minimum atomic E-state index is -4.96. The number of carbonyl (C=O) groups is 4. The first-order valence-electron chi connectivity index (χ1n) is 39.2. The van der Waals surface area contributed by atoms with Crippen molar-refractivity contribution in [2.45, 2.75) is 401 Å². The maximum absolute atomic E-state index is 13.1. The lowest BCUT2D eigenvalue weighted by Crippen LogP contribution is -2.30. The third-order valence-electron chi connectivity index (χ3n) is 17.6. The number of aliphatic hydroxyl groups excluding tert-OH is 1. The summed E-state index contributed by atoms with van der Waals surface area (Å²) in [6.07, 6.45) is 50.1. The Bertz CT molecular complexity index is 1870. The second kappa shape index (κ2) is 65.4. The maximum Gasteiger partial charge on any atom is 0.472 e. The van der Waals surface area contributed by atoms with Crippen LogP contribution in [0.5, 0.6) is 0 Å². The van der Waals surface area contributed by atoms with Crippen LogP contribution in [0.15, 0.2) is 0 Å². The molecule has 0 heterocycles. The minimum absolute atomic E-state index is 0.105. The van der Waals surface area contributed by atoms with Crippen molar-refractivity contribution in [1.82, 2.24) is 0 Å². The van der Waals surface area contributed by atoms with Gasteiger partial charge in [-0.1, -0.05) is 331 Å². The van der Waals surface area contributed by atoms with Crippen molar-refractivity contribution in [3.8, 4) is 0 Å². The molecular weight excluding hydrogens is 1250 g/mol. The number of rotatable bonds is 73. The fourth-order valence-corrected chi connectivity index (χ4v) is 13.1. The van der Waals surface area contributed by atoms with Gasteiger partial charge in [-0.2, -0.15) is 0 Å². The van der Waals surface area contributed by atoms with Gasteiger partial charge in [-0.3, -0.25) is 37.3 Å². The molecule has 0 aliphatic rings. The predicted octanol–water partition coefficient (Wildman–Crippen LogP) is 22.0. The molecule has 0 aromatic carbocycles. The van der Waals surface area contributed by atoms with Crippen LogP contribution in [-0.4, -0.2) is 96.7 Å². The van der Waals surface area contributed by atoms with Crippen molar-refractivity contribution in [3.05, 3.63) is 0 Å². The molecule has 17 nitrogen and oxygen atoms in total. The van der Waals surface area contributed by atoms with Gasteiger partial charge in [0.2, 0.25) is 0 Å². The monoisotopic (exact) mass is 1400 g/mol. The van der Waals surface area contributed by atoms with Crippen LogP contribution in [0.25, 0.3) is 0 Å². The van der Waals surface area contributed by atoms with E-state index in [1.54, 1.807) is 0 Å². The molecule has 2 unspecified atom stereocenters. The van der Waals surface area contributed by atoms with Crippen LogP contribution < -0.4 is 0 Å². The third kappa shape index (κ3) is 70.3. The molecule has 0 radical (unpaired) electrons. The number of phosphoric ester groups is 2. The number of ether oxygens (including phenoxy) is 4. The first kappa shape index (κ1) is 93.1. The van der Waals surface area contributed by atoms with E-state index < -0.39 is 97.5 Å². The number of unbranched alkanes of at least 4 members (excludes halogenated alkanes) is 39. The summed E-state index contributed by atoms with van der Waals surface area (Å²) >= 11 is 0. The minimum Gasteiger partial charge on any atom is -0.462 e. The van der Waals surface area contributed by atoms with Crippen LogP contribution in [0.4, 0.5) is 0 Å². The number of phosphoric acid groups is 2. The van der Waals surface area contributed by atoms with E-state index in [9.17, 15) is 43.2 Å². The van der Waals surface area contributed by atoms with Crippen LogP contribution in [0.3, 0.4) is 0 Å². The molecule has 3 N–H and O–H groups in total. The molecule has 19 heteroatoms. The largest absolute Gasteiger partial charge is 0.472 e. The lowest BCUT2D eigenvalue weighted by molar-refractivity contribution is -0.161. The van der Waals surface area contributed by atoms with E-state index >= 15 is 0 Å². The molecule has 95 heavy (non-hydrogen) atoms. The van der Waals surface area contributed by atoms with E-state index in [1.165, 1.54) is 180 Å². The number of carbonyl (C=O) groups excluding carboxylic acids is 4. The van der Waals surface area contributed by atoms with Crippen molar-refractivity contribution in [1.29, 1.82) is 0 Å². The Labute approximate surface area is 581 Å². The molecule has 5 atom stereocenters. The van der Waals surface area contributed by atoms with Gasteiger partial charge in [0.05, 0.1) is 26.4 Å². The van der Waals surface area contributed by atoms with Gasteiger partial charge in [0.1, 0.15) is 19.3 Å². The van der Waals surface area contributed by atoms with Crippen molar-refractivity contribution in [2.24, 2.45) is 23.7 Å². The van der Waals surface area contributed by atoms with E-state index in [2.05, 4.69) is 55.4 Å². The van der Waals surface area contributed by atoms with Crippen molar-refractivity contribution >= 4 is 39.5 Å². The van der Waals surface area contributed by atoms with Crippen LogP contribution in [-0.2, 0) is 65.4 Å². The smallest absolute Gasteiger partial charge is 0.462 e. The normalized spacial score (nSPS) is 14.1. The van der Waals surface area contributed by atoms with Crippen molar-refractivity contribution in [2.75, 3.05) is 39.6 Å². The topological polar surface area (TPSA) is 237 Å². The van der Waals surface area contributed by atoms with Crippen LogP contribution in [0, 0.1) is 23.7 Å². The lowest BCUT2D eigenvalue weighted by Gasteiger charge is -2.21. The fraction of sp³-hybridized carbons (Fsp3) is 0.947. The zero-order chi connectivity index (χ0) is 70.3. The standard InChI is InChI=1S/C76H148O17P2/c1-66(2)52-44-36-28-22-16-12-9-10-14-19-26-32-42-50-58-75(80)92-71(62-86-73(78)56-48-40-31-25-18-15-11-13-17-23-29-37-45-53-67(3)4)64-90-94(82,83)88-60-70(77)61-89-95(84,85)91-65-72(63-87-74(79)57-49-41-35-34-39-47-55-69(7)8)93-76(81)59-51-43-33-27-21-20-24-30-38-46-54-68(5)6/h66-72,77H,9-65H2,1-8H3,(H,82,83)(H,84,85)/t70-,71-,72-/m1/s1. The summed E-state index contributed by atoms with van der Waals surface area (Å²) in [6, 6.07) is 0. The third-order valence-corrected chi connectivity index (χ3v) is 19.5. The van der Waals surface area contributed by atoms with E-state index in [0.29, 0.717) is 31.6 Å². The van der Waals surface area contributed by atoms with Gasteiger partial charge < -0.3 is 33.8 Å². The van der Waals surface area contributed by atoms with Crippen molar-refractivity contribution < 1.29 is 80.2 Å². The maximum atomic E-state index is 13.1. The fourth-order valence-electron chi connectivity index (χ4n) is 11.6. The summed E-state index contributed by atoms with van der Waals surface area (Å²) in [6.45, 7) is 14.2. The number of hydrogen-bond donors (Lipinski definition) is 3. The van der Waals surface area contributed by atoms with E-state index in [4.69, 9.17) is 37.0 Å². The van der Waals surface area contributed by atoms with Gasteiger partial charge in [0, 0.05) is 25.7 Å². The molecule has 0 saturated heterocycles. The highest BCUT2D eigenvalue weighted by Gasteiger charge is 2.30. The Morgan fingerprint density at radius 2 is 0.442 bits per heavy atom. The Hall–Kier alpha value is -1.94. The Kier molecular flexibility index (Phi) is 64.0. The highest BCUT2D eigenvalue weighted by Crippen LogP contribution is 2.45. The molecule has 564 valence electrons. The van der Waals surface area contributed by atoms with Crippen LogP contribution >= 0.6 is 15.6 Å². The van der Waals surface area contributed by atoms with E-state index in [0.717, 1.165) is 114 Å². The van der Waals surface area contributed by atoms with Crippen molar-refractivity contribution in [3.63, 3.8) is 0 Å². The van der Waals surface area contributed by atoms with E-state index in [-0.39, 0.29) is 25.7 Å². The number of esters is 4. The summed E-state index contributed by atoms with van der Waals surface area (Å²) < 4.78 is 68.5. The molecule has 0 aliphatic carbocycles. The molecule has 0 aliphatic heterocycles. The van der Waals surface area contributed by atoms with Gasteiger partial charge >= 0.3 is 39.5 Å². The zero-order valence-corrected chi connectivity index (χ0v) is 64.1. The molecular formula is C76H148O17P2. The van der Waals surface area contributed by atoms with E-state index in [1.807, 2.05) is 0 Å². The average Bonchev–Trinajstić information content (AvgIpc) is 1.51. The van der Waals surface area contributed by atoms with Gasteiger partial charge in [-0.05, 0) is 49.4 Å². The van der Waals surface area contributed by atoms with Crippen LogP contribution in [0.2, 0.25) is 0 Å². The summed E-state index contributed by atoms with van der Waals surface area (Å²) in [5.41, 5.74) is 0. The SMILES string of the molecule is CC(C)CCCCCCCCCCCCCCCCC(=O)O[C@H](COC(=O)CCCCCCCCCCCCCCCC(C)C)COP(=O)(O)OC[C@@H](O)COP(=O)(O)OC[C@@H](COC(=O)CCCCCCCCC(C)C)OC(=O)CCCCCCCCCCCCC(C)C. The number of aliphatic hydroxyl groups is 1. The summed E-state index contributed by atoms with van der Waals surface area (Å²) in [4.78, 5) is 72.8. The molecule has 0 saturated carbocycles. The summed E-state index contributed by atoms with van der Waals surface area (Å²) in [7, 11) is -9.91. The average molecular weight is 1400 g/mol. The Balaban J connectivity index is 5.24. The predicted molar refractivity (Wildman–Crippen MR) is 386 cm³/mol. The second-order valence-electron chi connectivity index (χ2n) is 29.3. The first-order valence-corrected chi connectivity index (χ1v) is 42.2. The molecule has 0 aromatic heterocycles. The van der Waals surface area contributed by atoms with Gasteiger partial charge in [0.15, 0.2) is 12.2 Å². The van der Waals surface area contributed by atoms with Gasteiger partial charge in [0.25, 0.3) is 0 Å². The summed E-state index contributed by atoms with van der Waals surface area (Å²) in [5.74, 6) is 0.895. The van der Waals surface area contributed by atoms with Gasteiger partial charge in [-0.25, -0.2) is 9.13 Å². The highest BCUT2D eigenvalue weighted by molar-refractivity contribution is 7.47. The molecule has 0 aromatic rings. The molecule has 0 spiro atoms. The summed E-state index contributed by atoms with van der Waals surface area (Å²) in [5, 5.41) is 10.6. The molecule has 0 amide bonds. The quantitative estimate of drug-likeness (QED) is 0.0222. The molecule has 0 fully saturated rings. The zero-order valence-electron chi connectivity index (χ0n) is 62.3. The first-order chi connectivity index (χ1) is 45.6. The number of hydrogen-bond acceptors (Lipinski definition) is 15.